The quantitative estimate of drug-likeness (QED) is 0.574. The van der Waals surface area contributed by atoms with Gasteiger partial charge in [0.1, 0.15) is 5.65 Å². The summed E-state index contributed by atoms with van der Waals surface area (Å²) in [5.74, 6) is -0.727. The molecule has 31 heavy (non-hydrogen) atoms. The molecule has 1 fully saturated rings. The molecule has 4 rings (SSSR count). The number of carbonyl (C=O) groups excluding carboxylic acids is 3. The summed E-state index contributed by atoms with van der Waals surface area (Å²) in [6.07, 6.45) is 6.40. The molecule has 156 valence electrons. The number of nitrogens with one attached hydrogen (secondary N) is 1. The zero-order chi connectivity index (χ0) is 21.8. The summed E-state index contributed by atoms with van der Waals surface area (Å²) in [6.45, 7) is 0.230. The second kappa shape index (κ2) is 9.20. The smallest absolute Gasteiger partial charge is 0.293 e. The van der Waals surface area contributed by atoms with E-state index >= 15 is 0 Å². The maximum atomic E-state index is 12.5. The van der Waals surface area contributed by atoms with E-state index in [9.17, 15) is 14.4 Å². The standard InChI is InChI=1S/C22H17ClN4O3S/c23-20-16(26-12-5-4-8-18(26)25-20)9-10-19(28)24-11-13-27-21(29)17(31-22(27)30)14-15-6-2-1-3-7-15/h1-10,12,14H,11,13H2,(H,24,28)/b10-9+,17-14-. The van der Waals surface area contributed by atoms with Crippen LogP contribution in [0.3, 0.4) is 0 Å². The van der Waals surface area contributed by atoms with Crippen molar-refractivity contribution in [2.24, 2.45) is 0 Å². The Balaban J connectivity index is 1.33. The highest BCUT2D eigenvalue weighted by Gasteiger charge is 2.34. The maximum Gasteiger partial charge on any atom is 0.293 e. The first-order valence-electron chi connectivity index (χ1n) is 9.42. The summed E-state index contributed by atoms with van der Waals surface area (Å²) in [5.41, 5.74) is 2.11. The number of benzene rings is 1. The van der Waals surface area contributed by atoms with Crippen LogP contribution in [0.25, 0.3) is 17.8 Å². The predicted octanol–water partition coefficient (Wildman–Crippen LogP) is 3.85. The van der Waals surface area contributed by atoms with E-state index in [4.69, 9.17) is 11.6 Å². The van der Waals surface area contributed by atoms with E-state index in [0.717, 1.165) is 22.2 Å². The Labute approximate surface area is 187 Å². The second-order valence-electron chi connectivity index (χ2n) is 6.59. The van der Waals surface area contributed by atoms with E-state index in [1.165, 1.54) is 6.08 Å². The highest BCUT2D eigenvalue weighted by molar-refractivity contribution is 8.18. The number of thioether (sulfide) groups is 1. The molecule has 0 atom stereocenters. The van der Waals surface area contributed by atoms with Crippen molar-refractivity contribution in [3.05, 3.63) is 82.1 Å². The van der Waals surface area contributed by atoms with Crippen LogP contribution in [0.5, 0.6) is 0 Å². The number of halogens is 1. The molecule has 0 spiro atoms. The SMILES string of the molecule is O=C(/C=C/c1c(Cl)nc2ccccn12)NCCN1C(=O)S/C(=C\c2ccccc2)C1=O. The molecular formula is C22H17ClN4O3S. The third-order valence-electron chi connectivity index (χ3n) is 4.52. The monoisotopic (exact) mass is 452 g/mol. The van der Waals surface area contributed by atoms with Crippen LogP contribution >= 0.6 is 23.4 Å². The molecule has 0 radical (unpaired) electrons. The molecule has 0 unspecified atom stereocenters. The van der Waals surface area contributed by atoms with Crippen molar-refractivity contribution in [1.82, 2.24) is 19.6 Å². The van der Waals surface area contributed by atoms with Gasteiger partial charge in [0, 0.05) is 25.4 Å². The highest BCUT2D eigenvalue weighted by Crippen LogP contribution is 2.31. The van der Waals surface area contributed by atoms with Crippen molar-refractivity contribution in [3.63, 3.8) is 0 Å². The Morgan fingerprint density at radius 1 is 1.13 bits per heavy atom. The molecule has 3 heterocycles. The summed E-state index contributed by atoms with van der Waals surface area (Å²) >= 11 is 7.04. The largest absolute Gasteiger partial charge is 0.351 e. The Morgan fingerprint density at radius 2 is 1.90 bits per heavy atom. The number of pyridine rings is 1. The molecule has 1 saturated heterocycles. The minimum atomic E-state index is -0.367. The van der Waals surface area contributed by atoms with Crippen LogP contribution < -0.4 is 5.32 Å². The molecule has 3 amide bonds. The Hall–Kier alpha value is -3.36. The van der Waals surface area contributed by atoms with Gasteiger partial charge in [-0.3, -0.25) is 23.7 Å². The van der Waals surface area contributed by atoms with Gasteiger partial charge in [0.05, 0.1) is 10.6 Å². The lowest BCUT2D eigenvalue weighted by Crippen LogP contribution is -2.36. The summed E-state index contributed by atoms with van der Waals surface area (Å²) < 4.78 is 1.77. The first kappa shape index (κ1) is 20.9. The van der Waals surface area contributed by atoms with Crippen molar-refractivity contribution in [2.45, 2.75) is 0 Å². The number of imide groups is 1. The zero-order valence-corrected chi connectivity index (χ0v) is 17.8. The predicted molar refractivity (Wildman–Crippen MR) is 121 cm³/mol. The van der Waals surface area contributed by atoms with Gasteiger partial charge in [-0.1, -0.05) is 48.0 Å². The van der Waals surface area contributed by atoms with Gasteiger partial charge in [0.25, 0.3) is 11.1 Å². The molecule has 1 aromatic carbocycles. The number of nitrogens with zero attached hydrogens (tertiary/aromatic N) is 3. The van der Waals surface area contributed by atoms with Crippen LogP contribution in [-0.4, -0.2) is 44.4 Å². The number of imidazole rings is 1. The van der Waals surface area contributed by atoms with Crippen molar-refractivity contribution in [3.8, 4) is 0 Å². The van der Waals surface area contributed by atoms with Crippen LogP contribution in [0.2, 0.25) is 5.15 Å². The average molecular weight is 453 g/mol. The van der Waals surface area contributed by atoms with Gasteiger partial charge < -0.3 is 5.32 Å². The molecule has 7 nitrogen and oxygen atoms in total. The molecular weight excluding hydrogens is 436 g/mol. The van der Waals surface area contributed by atoms with Gasteiger partial charge in [-0.05, 0) is 41.6 Å². The molecule has 1 aliphatic heterocycles. The maximum absolute atomic E-state index is 12.5. The molecule has 0 bridgehead atoms. The van der Waals surface area contributed by atoms with Crippen LogP contribution in [0, 0.1) is 0 Å². The van der Waals surface area contributed by atoms with E-state index < -0.39 is 0 Å². The van der Waals surface area contributed by atoms with Crippen LogP contribution in [0.1, 0.15) is 11.3 Å². The molecule has 9 heteroatoms. The lowest BCUT2D eigenvalue weighted by Gasteiger charge is -2.12. The summed E-state index contributed by atoms with van der Waals surface area (Å²) in [4.78, 5) is 42.5. The third kappa shape index (κ3) is 4.70. The molecule has 0 saturated carbocycles. The van der Waals surface area contributed by atoms with Crippen molar-refractivity contribution < 1.29 is 14.4 Å². The van der Waals surface area contributed by atoms with Crippen molar-refractivity contribution >= 4 is 58.2 Å². The van der Waals surface area contributed by atoms with Crippen LogP contribution in [0.15, 0.2) is 65.7 Å². The number of rotatable bonds is 6. The molecule has 3 aromatic rings. The van der Waals surface area contributed by atoms with Gasteiger partial charge in [0.2, 0.25) is 5.91 Å². The minimum absolute atomic E-state index is 0.0900. The molecule has 1 N–H and O–H groups in total. The Bertz CT molecular complexity index is 1220. The molecule has 0 aliphatic carbocycles. The third-order valence-corrected chi connectivity index (χ3v) is 5.71. The van der Waals surface area contributed by atoms with Gasteiger partial charge in [-0.2, -0.15) is 0 Å². The summed E-state index contributed by atoms with van der Waals surface area (Å²) in [6, 6.07) is 14.8. The Morgan fingerprint density at radius 3 is 2.71 bits per heavy atom. The summed E-state index contributed by atoms with van der Waals surface area (Å²) in [5, 5.41) is 2.61. The number of amides is 3. The fraction of sp³-hybridized carbons (Fsp3) is 0.0909. The number of aromatic nitrogens is 2. The number of hydrogen-bond acceptors (Lipinski definition) is 5. The minimum Gasteiger partial charge on any atom is -0.351 e. The van der Waals surface area contributed by atoms with Crippen molar-refractivity contribution in [1.29, 1.82) is 0 Å². The number of fused-ring (bicyclic) bond motifs is 1. The second-order valence-corrected chi connectivity index (χ2v) is 7.94. The van der Waals surface area contributed by atoms with Gasteiger partial charge in [-0.25, -0.2) is 4.98 Å². The highest BCUT2D eigenvalue weighted by atomic mass is 35.5. The van der Waals surface area contributed by atoms with Crippen molar-refractivity contribution in [2.75, 3.05) is 13.1 Å². The van der Waals surface area contributed by atoms with Gasteiger partial charge >= 0.3 is 0 Å². The van der Waals surface area contributed by atoms with Gasteiger partial charge in [0.15, 0.2) is 5.15 Å². The van der Waals surface area contributed by atoms with E-state index in [1.807, 2.05) is 48.5 Å². The van der Waals surface area contributed by atoms with Crippen LogP contribution in [-0.2, 0) is 9.59 Å². The first-order chi connectivity index (χ1) is 15.0. The van der Waals surface area contributed by atoms with Gasteiger partial charge in [-0.15, -0.1) is 0 Å². The normalized spacial score (nSPS) is 15.5. The number of hydrogen-bond donors (Lipinski definition) is 1. The molecule has 2 aromatic heterocycles. The van der Waals surface area contributed by atoms with E-state index in [0.29, 0.717) is 21.4 Å². The van der Waals surface area contributed by atoms with E-state index in [-0.39, 0.29) is 30.1 Å². The Kier molecular flexibility index (Phi) is 6.20. The van der Waals surface area contributed by atoms with E-state index in [1.54, 1.807) is 22.7 Å². The fourth-order valence-electron chi connectivity index (χ4n) is 3.03. The summed E-state index contributed by atoms with van der Waals surface area (Å²) in [7, 11) is 0. The number of carbonyl (C=O) groups is 3. The average Bonchev–Trinajstić information content (AvgIpc) is 3.22. The van der Waals surface area contributed by atoms with E-state index in [2.05, 4.69) is 10.3 Å². The fourth-order valence-corrected chi connectivity index (χ4v) is 4.14. The zero-order valence-electron chi connectivity index (χ0n) is 16.2. The lowest BCUT2D eigenvalue weighted by molar-refractivity contribution is -0.123. The topological polar surface area (TPSA) is 83.8 Å². The molecule has 1 aliphatic rings. The lowest BCUT2D eigenvalue weighted by atomic mass is 10.2. The first-order valence-corrected chi connectivity index (χ1v) is 10.6. The van der Waals surface area contributed by atoms with Crippen LogP contribution in [0.4, 0.5) is 4.79 Å².